The number of nitrogens with one attached hydrogen (secondary N) is 1. The predicted octanol–water partition coefficient (Wildman–Crippen LogP) is 3.64. The zero-order valence-corrected chi connectivity index (χ0v) is 12.9. The summed E-state index contributed by atoms with van der Waals surface area (Å²) in [4.78, 5) is 1.10. The number of nitrogens with zero attached hydrogens (tertiary/aromatic N) is 2. The molecule has 0 saturated heterocycles. The minimum atomic E-state index is -0.206. The summed E-state index contributed by atoms with van der Waals surface area (Å²) in [5.74, 6) is -0.206. The van der Waals surface area contributed by atoms with Crippen LogP contribution in [-0.4, -0.2) is 16.1 Å². The second-order valence-electron chi connectivity index (χ2n) is 4.83. The predicted molar refractivity (Wildman–Crippen MR) is 80.6 cm³/mol. The van der Waals surface area contributed by atoms with Gasteiger partial charge in [0.2, 0.25) is 0 Å². The Hall–Kier alpha value is -1.33. The largest absolute Gasteiger partial charge is 0.306 e. The van der Waals surface area contributed by atoms with E-state index < -0.39 is 0 Å². The molecule has 20 heavy (non-hydrogen) atoms. The van der Waals surface area contributed by atoms with E-state index in [9.17, 15) is 4.39 Å². The van der Waals surface area contributed by atoms with E-state index in [1.165, 1.54) is 17.6 Å². The summed E-state index contributed by atoms with van der Waals surface area (Å²) in [5.41, 5.74) is 3.07. The first-order chi connectivity index (χ1) is 9.67. The van der Waals surface area contributed by atoms with Crippen molar-refractivity contribution in [3.63, 3.8) is 0 Å². The molecule has 1 unspecified atom stereocenters. The highest BCUT2D eigenvalue weighted by molar-refractivity contribution is 7.05. The van der Waals surface area contributed by atoms with E-state index in [0.29, 0.717) is 0 Å². The third-order valence-electron chi connectivity index (χ3n) is 3.29. The Morgan fingerprint density at radius 3 is 2.85 bits per heavy atom. The molecule has 0 fully saturated rings. The Balaban J connectivity index is 2.44. The number of aromatic nitrogens is 2. The second kappa shape index (κ2) is 6.90. The Morgan fingerprint density at radius 1 is 1.35 bits per heavy atom. The smallest absolute Gasteiger partial charge is 0.123 e. The molecule has 1 heterocycles. The summed E-state index contributed by atoms with van der Waals surface area (Å²) in [6, 6.07) is 4.90. The lowest BCUT2D eigenvalue weighted by Gasteiger charge is -2.19. The van der Waals surface area contributed by atoms with Crippen molar-refractivity contribution in [3.05, 3.63) is 45.7 Å². The number of rotatable bonds is 6. The SMILES string of the molecule is CCCc1nnsc1C(NCC)c1cc(F)ccc1C. The average molecular weight is 293 g/mol. The van der Waals surface area contributed by atoms with Crippen molar-refractivity contribution in [2.24, 2.45) is 0 Å². The number of aryl methyl sites for hydroxylation is 2. The molecule has 1 atom stereocenters. The standard InChI is InChI=1S/C15H20FN3S/c1-4-6-13-15(20-19-18-13)14(17-5-2)12-9-11(16)8-7-10(12)3/h7-9,14,17H,4-6H2,1-3H3. The Labute approximate surface area is 123 Å². The second-order valence-corrected chi connectivity index (χ2v) is 5.61. The molecule has 5 heteroatoms. The van der Waals surface area contributed by atoms with E-state index in [4.69, 9.17) is 0 Å². The van der Waals surface area contributed by atoms with Crippen LogP contribution in [0, 0.1) is 12.7 Å². The van der Waals surface area contributed by atoms with Crippen LogP contribution in [0.4, 0.5) is 4.39 Å². The van der Waals surface area contributed by atoms with E-state index in [1.807, 2.05) is 13.0 Å². The van der Waals surface area contributed by atoms with Crippen LogP contribution in [-0.2, 0) is 6.42 Å². The fourth-order valence-corrected chi connectivity index (χ4v) is 3.11. The van der Waals surface area contributed by atoms with Crippen molar-refractivity contribution in [1.29, 1.82) is 0 Å². The lowest BCUT2D eigenvalue weighted by atomic mass is 9.98. The molecule has 0 radical (unpaired) electrons. The first-order valence-corrected chi connectivity index (χ1v) is 7.75. The van der Waals surface area contributed by atoms with Gasteiger partial charge in [-0.3, -0.25) is 0 Å². The summed E-state index contributed by atoms with van der Waals surface area (Å²) in [6.07, 6.45) is 1.93. The van der Waals surface area contributed by atoms with Crippen molar-refractivity contribution in [1.82, 2.24) is 14.9 Å². The summed E-state index contributed by atoms with van der Waals surface area (Å²) in [7, 11) is 0. The first-order valence-electron chi connectivity index (χ1n) is 6.97. The minimum Gasteiger partial charge on any atom is -0.306 e. The Morgan fingerprint density at radius 2 is 2.15 bits per heavy atom. The molecular formula is C15H20FN3S. The van der Waals surface area contributed by atoms with Crippen LogP contribution >= 0.6 is 11.5 Å². The summed E-state index contributed by atoms with van der Waals surface area (Å²) in [6.45, 7) is 6.99. The Bertz CT molecular complexity index is 568. The monoisotopic (exact) mass is 293 g/mol. The first kappa shape index (κ1) is 15.1. The van der Waals surface area contributed by atoms with Crippen molar-refractivity contribution in [2.45, 2.75) is 39.7 Å². The molecule has 0 amide bonds. The highest BCUT2D eigenvalue weighted by atomic mass is 32.1. The lowest BCUT2D eigenvalue weighted by Crippen LogP contribution is -2.23. The number of hydrogen-bond acceptors (Lipinski definition) is 4. The normalized spacial score (nSPS) is 12.6. The van der Waals surface area contributed by atoms with E-state index >= 15 is 0 Å². The van der Waals surface area contributed by atoms with Crippen molar-refractivity contribution in [3.8, 4) is 0 Å². The molecular weight excluding hydrogens is 273 g/mol. The van der Waals surface area contributed by atoms with Crippen LogP contribution in [0.3, 0.4) is 0 Å². The van der Waals surface area contributed by atoms with Gasteiger partial charge in [-0.15, -0.1) is 5.10 Å². The molecule has 0 aliphatic carbocycles. The lowest BCUT2D eigenvalue weighted by molar-refractivity contribution is 0.601. The molecule has 0 saturated carbocycles. The van der Waals surface area contributed by atoms with Crippen LogP contribution in [0.15, 0.2) is 18.2 Å². The van der Waals surface area contributed by atoms with Gasteiger partial charge in [-0.1, -0.05) is 30.8 Å². The molecule has 108 valence electrons. The maximum Gasteiger partial charge on any atom is 0.123 e. The van der Waals surface area contributed by atoms with Gasteiger partial charge >= 0.3 is 0 Å². The van der Waals surface area contributed by atoms with Crippen molar-refractivity contribution >= 4 is 11.5 Å². The highest BCUT2D eigenvalue weighted by Gasteiger charge is 2.22. The van der Waals surface area contributed by atoms with Crippen LogP contribution in [0.2, 0.25) is 0 Å². The van der Waals surface area contributed by atoms with Gasteiger partial charge in [0.1, 0.15) is 5.82 Å². The molecule has 0 aliphatic rings. The number of halogens is 1. The summed E-state index contributed by atoms with van der Waals surface area (Å²) >= 11 is 1.40. The van der Waals surface area contributed by atoms with Crippen LogP contribution in [0.5, 0.6) is 0 Å². The van der Waals surface area contributed by atoms with Gasteiger partial charge in [-0.2, -0.15) is 0 Å². The van der Waals surface area contributed by atoms with E-state index in [1.54, 1.807) is 6.07 Å². The topological polar surface area (TPSA) is 37.8 Å². The fourth-order valence-electron chi connectivity index (χ4n) is 2.32. The minimum absolute atomic E-state index is 0.0303. The molecule has 1 N–H and O–H groups in total. The quantitative estimate of drug-likeness (QED) is 0.883. The van der Waals surface area contributed by atoms with E-state index in [0.717, 1.165) is 41.1 Å². The van der Waals surface area contributed by atoms with Crippen LogP contribution in [0.1, 0.15) is 48.0 Å². The van der Waals surface area contributed by atoms with Crippen LogP contribution in [0.25, 0.3) is 0 Å². The average Bonchev–Trinajstić information content (AvgIpc) is 2.88. The van der Waals surface area contributed by atoms with Gasteiger partial charge in [-0.05, 0) is 54.7 Å². The maximum absolute atomic E-state index is 13.6. The molecule has 0 aliphatic heterocycles. The highest BCUT2D eigenvalue weighted by Crippen LogP contribution is 2.30. The Kier molecular flexibility index (Phi) is 5.20. The third-order valence-corrected chi connectivity index (χ3v) is 4.13. The van der Waals surface area contributed by atoms with Gasteiger partial charge in [0.15, 0.2) is 0 Å². The van der Waals surface area contributed by atoms with Crippen LogP contribution < -0.4 is 5.32 Å². The van der Waals surface area contributed by atoms with Gasteiger partial charge in [0.25, 0.3) is 0 Å². The molecule has 2 aromatic rings. The summed E-state index contributed by atoms with van der Waals surface area (Å²) < 4.78 is 17.7. The van der Waals surface area contributed by atoms with E-state index in [-0.39, 0.29) is 11.9 Å². The number of benzene rings is 1. The maximum atomic E-state index is 13.6. The van der Waals surface area contributed by atoms with E-state index in [2.05, 4.69) is 28.8 Å². The summed E-state index contributed by atoms with van der Waals surface area (Å²) in [5, 5.41) is 7.65. The molecule has 2 rings (SSSR count). The third kappa shape index (κ3) is 3.22. The zero-order chi connectivity index (χ0) is 14.5. The van der Waals surface area contributed by atoms with Crippen molar-refractivity contribution in [2.75, 3.05) is 6.54 Å². The molecule has 0 spiro atoms. The molecule has 1 aromatic carbocycles. The molecule has 1 aromatic heterocycles. The zero-order valence-electron chi connectivity index (χ0n) is 12.1. The van der Waals surface area contributed by atoms with Gasteiger partial charge in [0, 0.05) is 0 Å². The van der Waals surface area contributed by atoms with Gasteiger partial charge in [0.05, 0.1) is 16.6 Å². The fraction of sp³-hybridized carbons (Fsp3) is 0.467. The number of hydrogen-bond donors (Lipinski definition) is 1. The van der Waals surface area contributed by atoms with Gasteiger partial charge in [-0.25, -0.2) is 4.39 Å². The molecule has 3 nitrogen and oxygen atoms in total. The van der Waals surface area contributed by atoms with Crippen molar-refractivity contribution < 1.29 is 4.39 Å². The molecule has 0 bridgehead atoms. The van der Waals surface area contributed by atoms with Gasteiger partial charge < -0.3 is 5.32 Å².